The van der Waals surface area contributed by atoms with Crippen molar-refractivity contribution in [2.75, 3.05) is 0 Å². The maximum Gasteiger partial charge on any atom is 0.349 e. The highest BCUT2D eigenvalue weighted by Crippen LogP contribution is 2.25. The van der Waals surface area contributed by atoms with E-state index in [4.69, 9.17) is 10.00 Å². The maximum atomic E-state index is 14.5. The average Bonchev–Trinajstić information content (AvgIpc) is 2.73. The number of esters is 1. The lowest BCUT2D eigenvalue weighted by molar-refractivity contribution is 0.0724. The van der Waals surface area contributed by atoms with E-state index in [0.29, 0.717) is 12.1 Å². The molecule has 0 saturated carbocycles. The lowest BCUT2D eigenvalue weighted by Gasteiger charge is -2.09. The van der Waals surface area contributed by atoms with Crippen LogP contribution in [0.25, 0.3) is 11.4 Å². The monoisotopic (exact) mass is 443 g/mol. The van der Waals surface area contributed by atoms with Gasteiger partial charge in [0.25, 0.3) is 0 Å². The summed E-state index contributed by atoms with van der Waals surface area (Å²) in [7, 11) is 0. The summed E-state index contributed by atoms with van der Waals surface area (Å²) in [6.07, 6.45) is 7.05. The normalized spacial score (nSPS) is 10.6. The molecule has 0 bridgehead atoms. The first-order chi connectivity index (χ1) is 15.3. The molecule has 0 fully saturated rings. The van der Waals surface area contributed by atoms with E-state index in [1.807, 2.05) is 0 Å². The fourth-order valence-corrected chi connectivity index (χ4v) is 2.98. The molecule has 0 aliphatic carbocycles. The van der Waals surface area contributed by atoms with Crippen LogP contribution in [0.2, 0.25) is 0 Å². The lowest BCUT2D eigenvalue weighted by atomic mass is 10.1. The van der Waals surface area contributed by atoms with E-state index in [0.717, 1.165) is 43.4 Å². The molecule has 2 aromatic carbocycles. The fourth-order valence-electron chi connectivity index (χ4n) is 2.98. The van der Waals surface area contributed by atoms with Gasteiger partial charge in [0.05, 0.1) is 0 Å². The number of ether oxygens (including phenoxy) is 1. The Labute approximate surface area is 181 Å². The molecular weight excluding hydrogens is 426 g/mol. The minimum absolute atomic E-state index is 0.00659. The molecule has 164 valence electrons. The molecule has 0 amide bonds. The van der Waals surface area contributed by atoms with Crippen LogP contribution in [-0.4, -0.2) is 15.9 Å². The number of nitrogens with zero attached hydrogens (tertiary/aromatic N) is 3. The smallest absolute Gasteiger partial charge is 0.349 e. The van der Waals surface area contributed by atoms with Gasteiger partial charge in [-0.2, -0.15) is 5.26 Å². The van der Waals surface area contributed by atoms with Crippen LogP contribution in [0.4, 0.5) is 17.6 Å². The summed E-state index contributed by atoms with van der Waals surface area (Å²) in [5.74, 6) is -7.14. The van der Waals surface area contributed by atoms with Crippen molar-refractivity contribution >= 4 is 5.97 Å². The predicted molar refractivity (Wildman–Crippen MR) is 107 cm³/mol. The molecule has 3 aromatic rings. The first-order valence-corrected chi connectivity index (χ1v) is 9.75. The highest BCUT2D eigenvalue weighted by molar-refractivity contribution is 5.92. The predicted octanol–water partition coefficient (Wildman–Crippen LogP) is 5.52. The minimum Gasteiger partial charge on any atom is -0.423 e. The molecule has 0 spiro atoms. The Balaban J connectivity index is 1.81. The number of halogens is 4. The number of hydrogen-bond donors (Lipinski definition) is 0. The van der Waals surface area contributed by atoms with Crippen molar-refractivity contribution in [1.82, 2.24) is 9.97 Å². The zero-order chi connectivity index (χ0) is 23.3. The molecule has 32 heavy (non-hydrogen) atoms. The van der Waals surface area contributed by atoms with Gasteiger partial charge in [-0.15, -0.1) is 0 Å². The van der Waals surface area contributed by atoms with E-state index in [9.17, 15) is 22.4 Å². The van der Waals surface area contributed by atoms with Gasteiger partial charge in [-0.05, 0) is 30.5 Å². The summed E-state index contributed by atoms with van der Waals surface area (Å²) in [4.78, 5) is 20.4. The van der Waals surface area contributed by atoms with Gasteiger partial charge in [-0.1, -0.05) is 19.8 Å². The summed E-state index contributed by atoms with van der Waals surface area (Å²) in [5.41, 5.74) is -1.02. The zero-order valence-electron chi connectivity index (χ0n) is 17.0. The average molecular weight is 443 g/mol. The number of aryl methyl sites for hydroxylation is 1. The largest absolute Gasteiger partial charge is 0.423 e. The number of carbonyl (C=O) groups is 1. The van der Waals surface area contributed by atoms with E-state index in [2.05, 4.69) is 16.9 Å². The van der Waals surface area contributed by atoms with E-state index < -0.39 is 46.1 Å². The van der Waals surface area contributed by atoms with E-state index in [1.54, 1.807) is 12.4 Å². The summed E-state index contributed by atoms with van der Waals surface area (Å²) in [6.45, 7) is 2.09. The number of carbonyl (C=O) groups excluding carboxylic acids is 1. The Kier molecular flexibility index (Phi) is 7.15. The van der Waals surface area contributed by atoms with E-state index in [-0.39, 0.29) is 11.4 Å². The Bertz CT molecular complexity index is 1140. The summed E-state index contributed by atoms with van der Waals surface area (Å²) >= 11 is 0. The maximum absolute atomic E-state index is 14.5. The van der Waals surface area contributed by atoms with Gasteiger partial charge in [0.1, 0.15) is 46.2 Å². The number of aromatic nitrogens is 2. The minimum atomic E-state index is -1.50. The third kappa shape index (κ3) is 5.09. The lowest BCUT2D eigenvalue weighted by Crippen LogP contribution is -2.14. The van der Waals surface area contributed by atoms with Crippen LogP contribution in [0.5, 0.6) is 5.75 Å². The number of nitriles is 1. The van der Waals surface area contributed by atoms with Crippen LogP contribution in [0, 0.1) is 34.6 Å². The van der Waals surface area contributed by atoms with Crippen LogP contribution >= 0.6 is 0 Å². The van der Waals surface area contributed by atoms with E-state index >= 15 is 0 Å². The van der Waals surface area contributed by atoms with Gasteiger partial charge in [0.2, 0.25) is 0 Å². The van der Waals surface area contributed by atoms with Gasteiger partial charge in [-0.3, -0.25) is 0 Å². The standard InChI is InChI=1S/C23H17F4N3O2/c1-2-3-4-5-13-11-29-22(30-12-13)14-6-19(26)21(20(27)7-14)23(31)32-15-8-17(24)16(10-28)18(25)9-15/h6-9,11-12H,2-5H2,1H3. The summed E-state index contributed by atoms with van der Waals surface area (Å²) in [6, 6.07) is 4.18. The summed E-state index contributed by atoms with van der Waals surface area (Å²) in [5, 5.41) is 8.66. The Morgan fingerprint density at radius 1 is 0.969 bits per heavy atom. The molecule has 1 aromatic heterocycles. The number of unbranched alkanes of at least 4 members (excludes halogenated alkanes) is 2. The SMILES string of the molecule is CCCCCc1cnc(-c2cc(F)c(C(=O)Oc3cc(F)c(C#N)c(F)c3)c(F)c2)nc1. The van der Waals surface area contributed by atoms with Crippen LogP contribution in [0.1, 0.15) is 47.7 Å². The molecule has 0 aliphatic heterocycles. The van der Waals surface area contributed by atoms with Crippen molar-refractivity contribution < 1.29 is 27.1 Å². The number of rotatable bonds is 7. The molecule has 0 atom stereocenters. The Hall–Kier alpha value is -3.80. The molecule has 5 nitrogen and oxygen atoms in total. The molecule has 0 aliphatic rings. The van der Waals surface area contributed by atoms with Crippen molar-refractivity contribution in [3.63, 3.8) is 0 Å². The summed E-state index contributed by atoms with van der Waals surface area (Å²) < 4.78 is 61.1. The van der Waals surface area contributed by atoms with Crippen LogP contribution in [-0.2, 0) is 6.42 Å². The molecule has 0 N–H and O–H groups in total. The Morgan fingerprint density at radius 3 is 2.09 bits per heavy atom. The molecule has 0 saturated heterocycles. The van der Waals surface area contributed by atoms with Crippen molar-refractivity contribution in [2.24, 2.45) is 0 Å². The van der Waals surface area contributed by atoms with Crippen molar-refractivity contribution in [1.29, 1.82) is 5.26 Å². The van der Waals surface area contributed by atoms with Crippen LogP contribution in [0.3, 0.4) is 0 Å². The Morgan fingerprint density at radius 2 is 1.56 bits per heavy atom. The first kappa shape index (κ1) is 22.9. The second-order valence-electron chi connectivity index (χ2n) is 6.95. The van der Waals surface area contributed by atoms with Gasteiger partial charge in [-0.25, -0.2) is 32.3 Å². The molecule has 9 heteroatoms. The second kappa shape index (κ2) is 10.0. The second-order valence-corrected chi connectivity index (χ2v) is 6.95. The van der Waals surface area contributed by atoms with Crippen molar-refractivity contribution in [2.45, 2.75) is 32.6 Å². The molecule has 0 unspecified atom stereocenters. The molecule has 0 radical (unpaired) electrons. The quantitative estimate of drug-likeness (QED) is 0.208. The zero-order valence-corrected chi connectivity index (χ0v) is 17.0. The van der Waals surface area contributed by atoms with E-state index in [1.165, 1.54) is 6.07 Å². The van der Waals surface area contributed by atoms with Gasteiger partial charge >= 0.3 is 5.97 Å². The van der Waals surface area contributed by atoms with Gasteiger partial charge < -0.3 is 4.74 Å². The molecule has 1 heterocycles. The number of benzene rings is 2. The van der Waals surface area contributed by atoms with Crippen molar-refractivity contribution in [3.8, 4) is 23.2 Å². The fraction of sp³-hybridized carbons (Fsp3) is 0.217. The van der Waals surface area contributed by atoms with Crippen molar-refractivity contribution in [3.05, 3.63) is 76.6 Å². The molecular formula is C23H17F4N3O2. The van der Waals surface area contributed by atoms with Gasteiger partial charge in [0.15, 0.2) is 5.82 Å². The topological polar surface area (TPSA) is 75.9 Å². The third-order valence-corrected chi connectivity index (χ3v) is 4.62. The molecule has 3 rings (SSSR count). The first-order valence-electron chi connectivity index (χ1n) is 9.75. The van der Waals surface area contributed by atoms with Gasteiger partial charge in [0, 0.05) is 30.1 Å². The number of hydrogen-bond acceptors (Lipinski definition) is 5. The van der Waals surface area contributed by atoms with Crippen LogP contribution in [0.15, 0.2) is 36.7 Å². The highest BCUT2D eigenvalue weighted by atomic mass is 19.1. The third-order valence-electron chi connectivity index (χ3n) is 4.62. The highest BCUT2D eigenvalue weighted by Gasteiger charge is 2.23. The van der Waals surface area contributed by atoms with Crippen LogP contribution < -0.4 is 4.74 Å².